The third-order valence-electron chi connectivity index (χ3n) is 8.07. The number of Topliss-reactive ketones (excluding diaryl/α,β-unsaturated/α-hetero) is 1. The third kappa shape index (κ3) is 4.99. The highest BCUT2D eigenvalue weighted by Crippen LogP contribution is 2.48. The lowest BCUT2D eigenvalue weighted by molar-refractivity contribution is -0.00598. The molecule has 0 amide bonds. The van der Waals surface area contributed by atoms with Gasteiger partial charge in [-0.25, -0.2) is 4.39 Å². The zero-order chi connectivity index (χ0) is 26.1. The smallest absolute Gasteiger partial charge is 0.167 e. The van der Waals surface area contributed by atoms with Crippen molar-refractivity contribution < 1.29 is 24.5 Å². The highest BCUT2D eigenvalue weighted by atomic mass is 19.1. The fourth-order valence-corrected chi connectivity index (χ4v) is 6.11. The number of hydrogen-bond acceptors (Lipinski definition) is 6. The summed E-state index contributed by atoms with van der Waals surface area (Å²) in [5, 5.41) is 30.3. The number of hydrogen-bond donors (Lipinski definition) is 3. The monoisotopic (exact) mass is 504 g/mol. The van der Waals surface area contributed by atoms with Crippen molar-refractivity contribution in [2.75, 3.05) is 39.3 Å². The number of piperidine rings is 1. The van der Waals surface area contributed by atoms with E-state index in [9.17, 15) is 24.5 Å². The Morgan fingerprint density at radius 3 is 2.41 bits per heavy atom. The van der Waals surface area contributed by atoms with E-state index in [4.69, 9.17) is 0 Å². The number of aromatic hydroxyl groups is 2. The van der Waals surface area contributed by atoms with E-state index in [1.807, 2.05) is 18.2 Å². The Labute approximate surface area is 216 Å². The Kier molecular flexibility index (Phi) is 7.29. The normalized spacial score (nSPS) is 23.1. The van der Waals surface area contributed by atoms with E-state index in [1.54, 1.807) is 37.3 Å². The molecule has 2 aliphatic rings. The van der Waals surface area contributed by atoms with E-state index >= 15 is 0 Å². The topological polar surface area (TPSA) is 84.2 Å². The van der Waals surface area contributed by atoms with Crippen LogP contribution in [0.2, 0.25) is 0 Å². The molecule has 0 spiro atoms. The van der Waals surface area contributed by atoms with Gasteiger partial charge in [-0.1, -0.05) is 42.5 Å². The van der Waals surface area contributed by atoms with Gasteiger partial charge in [0.05, 0.1) is 6.61 Å². The molecule has 2 fully saturated rings. The van der Waals surface area contributed by atoms with Crippen molar-refractivity contribution in [2.24, 2.45) is 5.92 Å². The molecule has 2 saturated heterocycles. The summed E-state index contributed by atoms with van der Waals surface area (Å²) in [5.74, 6) is -1.40. The molecule has 6 nitrogen and oxygen atoms in total. The molecule has 7 heteroatoms. The molecule has 3 atom stereocenters. The van der Waals surface area contributed by atoms with E-state index in [0.29, 0.717) is 30.8 Å². The first kappa shape index (κ1) is 25.4. The summed E-state index contributed by atoms with van der Waals surface area (Å²) in [6, 6.07) is 18.8. The van der Waals surface area contributed by atoms with E-state index in [-0.39, 0.29) is 47.6 Å². The second kappa shape index (κ2) is 10.6. The van der Waals surface area contributed by atoms with Gasteiger partial charge in [0.15, 0.2) is 5.78 Å². The van der Waals surface area contributed by atoms with Gasteiger partial charge in [-0.3, -0.25) is 14.6 Å². The summed E-state index contributed by atoms with van der Waals surface area (Å²) in [5.41, 5.74) is 2.42. The summed E-state index contributed by atoms with van der Waals surface area (Å²) < 4.78 is 14.8. The molecule has 3 aromatic carbocycles. The summed E-state index contributed by atoms with van der Waals surface area (Å²) in [6.45, 7) is 5.15. The standard InChI is InChI=1S/C30H33FN2O4/c1-19-23(9-5-10-27(19)31)29-25(24-8-2-3-11-28(24)36)17-33(21-15-32(16-21)12-13-34)18-26(29)30(37)20-6-4-7-22(35)14-20/h2-11,14,21,25-26,29,34-36H,12-13,15-18H2,1H3/t25-,26+,29-/m1/s1. The second-order valence-electron chi connectivity index (χ2n) is 10.3. The fourth-order valence-electron chi connectivity index (χ4n) is 6.11. The molecule has 5 rings (SSSR count). The Hall–Kier alpha value is -3.26. The maximum atomic E-state index is 14.8. The highest BCUT2D eigenvalue weighted by Gasteiger charge is 2.46. The van der Waals surface area contributed by atoms with Crippen LogP contribution in [0.15, 0.2) is 66.7 Å². The molecule has 2 heterocycles. The van der Waals surface area contributed by atoms with Gasteiger partial charge in [-0.2, -0.15) is 0 Å². The van der Waals surface area contributed by atoms with E-state index in [2.05, 4.69) is 9.80 Å². The minimum Gasteiger partial charge on any atom is -0.508 e. The fraction of sp³-hybridized carbons (Fsp3) is 0.367. The zero-order valence-corrected chi connectivity index (χ0v) is 20.9. The van der Waals surface area contributed by atoms with Gasteiger partial charge in [-0.15, -0.1) is 0 Å². The number of likely N-dealkylation sites (tertiary alicyclic amines) is 2. The molecule has 0 saturated carbocycles. The average Bonchev–Trinajstić information content (AvgIpc) is 2.87. The van der Waals surface area contributed by atoms with Crippen LogP contribution in [0, 0.1) is 18.7 Å². The van der Waals surface area contributed by atoms with E-state index in [0.717, 1.165) is 24.2 Å². The number of halogens is 1. The predicted octanol–water partition coefficient (Wildman–Crippen LogP) is 3.90. The van der Waals surface area contributed by atoms with Crippen LogP contribution in [0.5, 0.6) is 11.5 Å². The van der Waals surface area contributed by atoms with Gasteiger partial charge in [0.2, 0.25) is 0 Å². The van der Waals surface area contributed by atoms with Gasteiger partial charge in [0.25, 0.3) is 0 Å². The summed E-state index contributed by atoms with van der Waals surface area (Å²) in [4.78, 5) is 18.6. The Morgan fingerprint density at radius 2 is 1.68 bits per heavy atom. The minimum atomic E-state index is -0.521. The Balaban J connectivity index is 1.61. The molecule has 0 aliphatic carbocycles. The maximum absolute atomic E-state index is 14.8. The first-order valence-corrected chi connectivity index (χ1v) is 12.8. The number of nitrogens with zero attached hydrogens (tertiary/aromatic N) is 2. The average molecular weight is 505 g/mol. The molecule has 194 valence electrons. The number of carbonyl (C=O) groups excluding carboxylic acids is 1. The minimum absolute atomic E-state index is 0.0212. The molecule has 0 aromatic heterocycles. The SMILES string of the molecule is Cc1c(F)cccc1[C@H]1[C@@H](C(=O)c2cccc(O)c2)CN(C2CN(CCO)C2)C[C@@H]1c1ccccc1O. The van der Waals surface area contributed by atoms with E-state index in [1.165, 1.54) is 18.2 Å². The summed E-state index contributed by atoms with van der Waals surface area (Å²) in [6.07, 6.45) is 0. The number of phenols is 2. The molecule has 0 bridgehead atoms. The molecular weight excluding hydrogens is 471 g/mol. The van der Waals surface area contributed by atoms with Crippen molar-refractivity contribution in [3.63, 3.8) is 0 Å². The van der Waals surface area contributed by atoms with Gasteiger partial charge in [0, 0.05) is 62.1 Å². The zero-order valence-electron chi connectivity index (χ0n) is 20.9. The Bertz CT molecular complexity index is 1280. The van der Waals surface area contributed by atoms with Crippen molar-refractivity contribution in [3.05, 3.63) is 94.8 Å². The van der Waals surface area contributed by atoms with Crippen LogP contribution in [0.3, 0.4) is 0 Å². The molecule has 3 aromatic rings. The highest BCUT2D eigenvalue weighted by molar-refractivity contribution is 5.99. The van der Waals surface area contributed by atoms with Gasteiger partial charge in [-0.05, 0) is 47.9 Å². The molecule has 37 heavy (non-hydrogen) atoms. The summed E-state index contributed by atoms with van der Waals surface area (Å²) in [7, 11) is 0. The first-order chi connectivity index (χ1) is 17.9. The van der Waals surface area contributed by atoms with Crippen LogP contribution in [0.25, 0.3) is 0 Å². The lowest BCUT2D eigenvalue weighted by Gasteiger charge is -2.52. The summed E-state index contributed by atoms with van der Waals surface area (Å²) >= 11 is 0. The number of aliphatic hydroxyl groups excluding tert-OH is 1. The lowest BCUT2D eigenvalue weighted by atomic mass is 9.67. The van der Waals surface area contributed by atoms with Gasteiger partial charge >= 0.3 is 0 Å². The maximum Gasteiger partial charge on any atom is 0.167 e. The second-order valence-corrected chi connectivity index (χ2v) is 10.3. The third-order valence-corrected chi connectivity index (χ3v) is 8.07. The molecule has 2 aliphatic heterocycles. The van der Waals surface area contributed by atoms with E-state index < -0.39 is 5.92 Å². The molecule has 0 radical (unpaired) electrons. The number of ketones is 1. The predicted molar refractivity (Wildman–Crippen MR) is 140 cm³/mol. The van der Waals surface area contributed by atoms with Crippen LogP contribution >= 0.6 is 0 Å². The number of aliphatic hydroxyl groups is 1. The number of phenolic OH excluding ortho intramolecular Hbond substituents is 2. The first-order valence-electron chi connectivity index (χ1n) is 12.8. The van der Waals surface area contributed by atoms with Crippen molar-refractivity contribution in [1.29, 1.82) is 0 Å². The van der Waals surface area contributed by atoms with Gasteiger partial charge < -0.3 is 15.3 Å². The lowest BCUT2D eigenvalue weighted by Crippen LogP contribution is -2.63. The van der Waals surface area contributed by atoms with Crippen molar-refractivity contribution in [1.82, 2.24) is 9.80 Å². The number of para-hydroxylation sites is 1. The largest absolute Gasteiger partial charge is 0.508 e. The van der Waals surface area contributed by atoms with Crippen LogP contribution in [-0.4, -0.2) is 76.3 Å². The van der Waals surface area contributed by atoms with Crippen LogP contribution in [0.4, 0.5) is 4.39 Å². The molecule has 0 unspecified atom stereocenters. The number of β-amino-alcohol motifs (C(OH)–C–C–N with tert-alkyl or cyclic N) is 1. The molecule has 3 N–H and O–H groups in total. The van der Waals surface area contributed by atoms with Crippen molar-refractivity contribution >= 4 is 5.78 Å². The van der Waals surface area contributed by atoms with Crippen LogP contribution in [0.1, 0.15) is 38.9 Å². The van der Waals surface area contributed by atoms with Crippen LogP contribution in [-0.2, 0) is 0 Å². The van der Waals surface area contributed by atoms with Crippen molar-refractivity contribution in [2.45, 2.75) is 24.8 Å². The van der Waals surface area contributed by atoms with Crippen molar-refractivity contribution in [3.8, 4) is 11.5 Å². The van der Waals surface area contributed by atoms with Gasteiger partial charge in [0.1, 0.15) is 17.3 Å². The number of rotatable bonds is 7. The molecular formula is C30H33FN2O4. The van der Waals surface area contributed by atoms with Crippen LogP contribution < -0.4 is 0 Å². The quantitative estimate of drug-likeness (QED) is 0.424. The number of carbonyl (C=O) groups is 1. The number of benzene rings is 3. The Morgan fingerprint density at radius 1 is 0.946 bits per heavy atom.